The van der Waals surface area contributed by atoms with Crippen LogP contribution in [0.3, 0.4) is 0 Å². The highest BCUT2D eigenvalue weighted by atomic mass is 15.1. The van der Waals surface area contributed by atoms with Gasteiger partial charge in [-0.15, -0.1) is 0 Å². The molecule has 15 heavy (non-hydrogen) atoms. The van der Waals surface area contributed by atoms with Crippen LogP contribution >= 0.6 is 0 Å². The fourth-order valence-electron chi connectivity index (χ4n) is 2.25. The summed E-state index contributed by atoms with van der Waals surface area (Å²) in [6.45, 7) is 0.678. The number of nitrogens with zero attached hydrogens (tertiary/aromatic N) is 2. The Labute approximate surface area is 90.3 Å². The van der Waals surface area contributed by atoms with Gasteiger partial charge in [0.2, 0.25) is 0 Å². The first kappa shape index (κ1) is 10.4. The third-order valence-corrected chi connectivity index (χ3v) is 3.18. The summed E-state index contributed by atoms with van der Waals surface area (Å²) in [6.07, 6.45) is 9.45. The molecule has 1 aromatic heterocycles. The summed E-state index contributed by atoms with van der Waals surface area (Å²) in [6, 6.07) is 1.89. The predicted molar refractivity (Wildman–Crippen MR) is 60.5 cm³/mol. The van der Waals surface area contributed by atoms with Crippen LogP contribution in [-0.4, -0.2) is 22.1 Å². The molecule has 0 spiro atoms. The molecular weight excluding hydrogens is 188 g/mol. The molecule has 1 heterocycles. The van der Waals surface area contributed by atoms with Crippen molar-refractivity contribution in [3.8, 4) is 0 Å². The van der Waals surface area contributed by atoms with E-state index in [1.807, 2.05) is 6.07 Å². The lowest BCUT2D eigenvalue weighted by molar-refractivity contribution is 0.330. The molecule has 1 aliphatic carbocycles. The summed E-state index contributed by atoms with van der Waals surface area (Å²) in [7, 11) is 0. The van der Waals surface area contributed by atoms with E-state index < -0.39 is 0 Å². The highest BCUT2D eigenvalue weighted by molar-refractivity contribution is 5.36. The smallest absolute Gasteiger partial charge is 0.129 e. The summed E-state index contributed by atoms with van der Waals surface area (Å²) in [5.74, 6) is 0.886. The van der Waals surface area contributed by atoms with E-state index in [1.54, 1.807) is 12.5 Å². The van der Waals surface area contributed by atoms with Gasteiger partial charge in [-0.3, -0.25) is 0 Å². The predicted octanol–water partition coefficient (Wildman–Crippen LogP) is 1.55. The number of aromatic nitrogens is 2. The van der Waals surface area contributed by atoms with Crippen molar-refractivity contribution in [1.29, 1.82) is 0 Å². The van der Waals surface area contributed by atoms with Crippen molar-refractivity contribution < 1.29 is 0 Å². The molecule has 0 bridgehead atoms. The van der Waals surface area contributed by atoms with Crippen LogP contribution in [0, 0.1) is 0 Å². The zero-order valence-electron chi connectivity index (χ0n) is 8.95. The van der Waals surface area contributed by atoms with Crippen LogP contribution in [0.1, 0.15) is 32.1 Å². The maximum absolute atomic E-state index is 5.88. The van der Waals surface area contributed by atoms with Gasteiger partial charge >= 0.3 is 0 Å². The largest absolute Gasteiger partial charge is 0.363 e. The van der Waals surface area contributed by atoms with Gasteiger partial charge in [-0.2, -0.15) is 0 Å². The molecule has 0 aliphatic heterocycles. The van der Waals surface area contributed by atoms with E-state index in [0.717, 1.165) is 18.7 Å². The lowest BCUT2D eigenvalue weighted by Crippen LogP contribution is -2.47. The molecule has 1 saturated carbocycles. The molecule has 3 N–H and O–H groups in total. The Hall–Kier alpha value is -1.16. The quantitative estimate of drug-likeness (QED) is 0.787. The molecule has 0 unspecified atom stereocenters. The lowest BCUT2D eigenvalue weighted by atomic mass is 9.82. The Morgan fingerprint density at radius 3 is 2.73 bits per heavy atom. The Kier molecular flexibility index (Phi) is 3.16. The van der Waals surface area contributed by atoms with Crippen molar-refractivity contribution in [3.63, 3.8) is 0 Å². The average Bonchev–Trinajstić information content (AvgIpc) is 2.32. The van der Waals surface area contributed by atoms with E-state index in [4.69, 9.17) is 5.73 Å². The Morgan fingerprint density at radius 2 is 2.13 bits per heavy atom. The number of nitrogens with one attached hydrogen (secondary N) is 1. The maximum atomic E-state index is 5.88. The third kappa shape index (κ3) is 2.45. The molecular formula is C11H18N4. The van der Waals surface area contributed by atoms with E-state index in [-0.39, 0.29) is 5.54 Å². The zero-order valence-corrected chi connectivity index (χ0v) is 8.95. The average molecular weight is 206 g/mol. The van der Waals surface area contributed by atoms with E-state index in [1.165, 1.54) is 19.3 Å². The fourth-order valence-corrected chi connectivity index (χ4v) is 2.25. The zero-order chi connectivity index (χ0) is 10.6. The summed E-state index contributed by atoms with van der Waals surface area (Å²) >= 11 is 0. The van der Waals surface area contributed by atoms with Crippen molar-refractivity contribution >= 4 is 5.82 Å². The Balaban J connectivity index is 2.07. The van der Waals surface area contributed by atoms with E-state index in [0.29, 0.717) is 6.54 Å². The van der Waals surface area contributed by atoms with Gasteiger partial charge in [0.25, 0.3) is 0 Å². The molecule has 0 saturated heterocycles. The molecule has 0 atom stereocenters. The van der Waals surface area contributed by atoms with Gasteiger partial charge in [0, 0.05) is 12.7 Å². The summed E-state index contributed by atoms with van der Waals surface area (Å²) in [5, 5.41) is 3.47. The first-order chi connectivity index (χ1) is 7.35. The first-order valence-corrected chi connectivity index (χ1v) is 5.59. The van der Waals surface area contributed by atoms with E-state index in [2.05, 4.69) is 15.3 Å². The molecule has 82 valence electrons. The van der Waals surface area contributed by atoms with Crippen molar-refractivity contribution in [2.75, 3.05) is 11.9 Å². The monoisotopic (exact) mass is 206 g/mol. The summed E-state index contributed by atoms with van der Waals surface area (Å²) < 4.78 is 0. The fraction of sp³-hybridized carbons (Fsp3) is 0.636. The Bertz CT molecular complexity index is 293. The van der Waals surface area contributed by atoms with Crippen LogP contribution in [0.2, 0.25) is 0 Å². The van der Waals surface area contributed by atoms with Crippen LogP contribution in [0.15, 0.2) is 18.6 Å². The van der Waals surface area contributed by atoms with E-state index >= 15 is 0 Å². The van der Waals surface area contributed by atoms with Crippen molar-refractivity contribution in [3.05, 3.63) is 18.6 Å². The highest BCUT2D eigenvalue weighted by Gasteiger charge is 2.30. The van der Waals surface area contributed by atoms with Crippen LogP contribution in [0.25, 0.3) is 0 Å². The van der Waals surface area contributed by atoms with Gasteiger partial charge in [-0.25, -0.2) is 9.97 Å². The summed E-state index contributed by atoms with van der Waals surface area (Å²) in [4.78, 5) is 8.09. The second-order valence-corrected chi connectivity index (χ2v) is 4.26. The van der Waals surface area contributed by atoms with Crippen LogP contribution in [-0.2, 0) is 0 Å². The number of hydrogen-bond acceptors (Lipinski definition) is 4. The molecule has 4 nitrogen and oxygen atoms in total. The first-order valence-electron chi connectivity index (χ1n) is 5.59. The summed E-state index contributed by atoms with van der Waals surface area (Å²) in [5.41, 5.74) is 5.94. The molecule has 0 aromatic carbocycles. The minimum absolute atomic E-state index is 0.0621. The van der Waals surface area contributed by atoms with Gasteiger partial charge in [-0.05, 0) is 18.9 Å². The highest BCUT2D eigenvalue weighted by Crippen LogP contribution is 2.30. The normalized spacial score (nSPS) is 19.8. The number of nitrogens with two attached hydrogens (primary N) is 1. The number of hydrogen-bond donors (Lipinski definition) is 2. The van der Waals surface area contributed by atoms with Gasteiger partial charge in [0.1, 0.15) is 12.1 Å². The maximum Gasteiger partial charge on any atom is 0.129 e. The number of anilines is 1. The van der Waals surface area contributed by atoms with Crippen LogP contribution < -0.4 is 11.1 Å². The second-order valence-electron chi connectivity index (χ2n) is 4.26. The molecule has 2 rings (SSSR count). The van der Waals surface area contributed by atoms with Crippen molar-refractivity contribution in [2.45, 2.75) is 37.6 Å². The molecule has 0 radical (unpaired) electrons. The van der Waals surface area contributed by atoms with Crippen LogP contribution in [0.4, 0.5) is 5.82 Å². The topological polar surface area (TPSA) is 63.8 Å². The molecule has 1 aromatic rings. The minimum Gasteiger partial charge on any atom is -0.363 e. The van der Waals surface area contributed by atoms with Gasteiger partial charge in [0.05, 0.1) is 5.54 Å². The third-order valence-electron chi connectivity index (χ3n) is 3.18. The molecule has 0 amide bonds. The molecule has 1 aliphatic rings. The van der Waals surface area contributed by atoms with Gasteiger partial charge < -0.3 is 11.1 Å². The standard InChI is InChI=1S/C11H18N4/c12-8-11(5-2-1-3-6-11)15-10-4-7-13-9-14-10/h4,7,9H,1-3,5-6,8,12H2,(H,13,14,15). The van der Waals surface area contributed by atoms with Crippen LogP contribution in [0.5, 0.6) is 0 Å². The number of rotatable bonds is 3. The Morgan fingerprint density at radius 1 is 1.33 bits per heavy atom. The molecule has 4 heteroatoms. The van der Waals surface area contributed by atoms with Crippen molar-refractivity contribution in [1.82, 2.24) is 9.97 Å². The minimum atomic E-state index is 0.0621. The second kappa shape index (κ2) is 4.57. The lowest BCUT2D eigenvalue weighted by Gasteiger charge is -2.37. The van der Waals surface area contributed by atoms with E-state index in [9.17, 15) is 0 Å². The molecule has 1 fully saturated rings. The SMILES string of the molecule is NCC1(Nc2ccncn2)CCCCC1. The van der Waals surface area contributed by atoms with Gasteiger partial charge in [-0.1, -0.05) is 19.3 Å². The van der Waals surface area contributed by atoms with Crippen molar-refractivity contribution in [2.24, 2.45) is 5.73 Å². The van der Waals surface area contributed by atoms with Gasteiger partial charge in [0.15, 0.2) is 0 Å².